The Morgan fingerprint density at radius 2 is 2.18 bits per heavy atom. The van der Waals surface area contributed by atoms with Crippen LogP contribution in [0.4, 0.5) is 0 Å². The van der Waals surface area contributed by atoms with Gasteiger partial charge in [-0.1, -0.05) is 55.6 Å². The number of hydrogen-bond donors (Lipinski definition) is 2. The number of aromatic nitrogens is 3. The van der Waals surface area contributed by atoms with Gasteiger partial charge in [0.05, 0.1) is 11.8 Å². The Kier molecular flexibility index (Phi) is 6.00. The van der Waals surface area contributed by atoms with Crippen molar-refractivity contribution in [3.05, 3.63) is 41.9 Å². The zero-order chi connectivity index (χ0) is 19.3. The molecule has 1 fully saturated rings. The summed E-state index contributed by atoms with van der Waals surface area (Å²) in [6, 6.07) is 9.63. The van der Waals surface area contributed by atoms with Crippen molar-refractivity contribution in [3.63, 3.8) is 0 Å². The Morgan fingerprint density at radius 1 is 1.36 bits per heavy atom. The summed E-state index contributed by atoms with van der Waals surface area (Å²) in [4.78, 5) is 16.8. The largest absolute Gasteiger partial charge is 0.459 e. The molecule has 0 unspecified atom stereocenters. The molecular weight excluding hydrogens is 372 g/mol. The SMILES string of the molecule is C[C@@H](NC(=O)CSc1n[nH]c(CCC2CCCC2)n1)c1cc2ccccc2o1. The van der Waals surface area contributed by atoms with E-state index >= 15 is 0 Å². The number of amides is 1. The molecule has 4 rings (SSSR count). The van der Waals surface area contributed by atoms with E-state index in [2.05, 4.69) is 20.5 Å². The number of para-hydroxylation sites is 1. The lowest BCUT2D eigenvalue weighted by Gasteiger charge is -2.10. The molecule has 2 N–H and O–H groups in total. The summed E-state index contributed by atoms with van der Waals surface area (Å²) in [6.07, 6.45) is 7.54. The summed E-state index contributed by atoms with van der Waals surface area (Å²) in [7, 11) is 0. The van der Waals surface area contributed by atoms with Gasteiger partial charge in [0.25, 0.3) is 0 Å². The van der Waals surface area contributed by atoms with Crippen molar-refractivity contribution >= 4 is 28.6 Å². The minimum Gasteiger partial charge on any atom is -0.459 e. The first kappa shape index (κ1) is 19.1. The maximum atomic E-state index is 12.3. The van der Waals surface area contributed by atoms with Crippen molar-refractivity contribution in [1.82, 2.24) is 20.5 Å². The molecule has 1 atom stereocenters. The van der Waals surface area contributed by atoms with Gasteiger partial charge in [0.15, 0.2) is 0 Å². The number of hydrogen-bond acceptors (Lipinski definition) is 5. The van der Waals surface area contributed by atoms with E-state index in [1.165, 1.54) is 43.9 Å². The summed E-state index contributed by atoms with van der Waals surface area (Å²) in [5.41, 5.74) is 0.832. The summed E-state index contributed by atoms with van der Waals surface area (Å²) in [5.74, 6) is 2.74. The summed E-state index contributed by atoms with van der Waals surface area (Å²) >= 11 is 1.35. The second-order valence-electron chi connectivity index (χ2n) is 7.52. The molecule has 0 bridgehead atoms. The maximum Gasteiger partial charge on any atom is 0.231 e. The molecule has 0 aliphatic heterocycles. The summed E-state index contributed by atoms with van der Waals surface area (Å²) < 4.78 is 5.81. The number of rotatable bonds is 8. The lowest BCUT2D eigenvalue weighted by Crippen LogP contribution is -2.27. The number of aryl methyl sites for hydroxylation is 1. The average Bonchev–Trinajstić information content (AvgIpc) is 3.45. The van der Waals surface area contributed by atoms with E-state index in [0.717, 1.165) is 34.9 Å². The molecule has 0 radical (unpaired) electrons. The number of carbonyl (C=O) groups excluding carboxylic acids is 1. The molecule has 1 aromatic carbocycles. The number of fused-ring (bicyclic) bond motifs is 1. The highest BCUT2D eigenvalue weighted by atomic mass is 32.2. The first-order valence-electron chi connectivity index (χ1n) is 9.99. The van der Waals surface area contributed by atoms with Crippen molar-refractivity contribution in [2.24, 2.45) is 5.92 Å². The van der Waals surface area contributed by atoms with Crippen LogP contribution < -0.4 is 5.32 Å². The monoisotopic (exact) mass is 398 g/mol. The van der Waals surface area contributed by atoms with E-state index in [0.29, 0.717) is 5.16 Å². The average molecular weight is 399 g/mol. The number of H-pyrrole nitrogens is 1. The van der Waals surface area contributed by atoms with Crippen molar-refractivity contribution in [2.45, 2.75) is 56.6 Å². The molecule has 2 heterocycles. The molecule has 1 amide bonds. The summed E-state index contributed by atoms with van der Waals surface area (Å²) in [5, 5.41) is 11.9. The van der Waals surface area contributed by atoms with Crippen molar-refractivity contribution in [3.8, 4) is 0 Å². The molecule has 1 aliphatic rings. The second kappa shape index (κ2) is 8.82. The molecule has 6 nitrogen and oxygen atoms in total. The normalized spacial score (nSPS) is 15.9. The highest BCUT2D eigenvalue weighted by Crippen LogP contribution is 2.28. The number of aromatic amines is 1. The molecule has 2 aromatic heterocycles. The first-order chi connectivity index (χ1) is 13.7. The first-order valence-corrected chi connectivity index (χ1v) is 11.0. The predicted molar refractivity (Wildman–Crippen MR) is 110 cm³/mol. The quantitative estimate of drug-likeness (QED) is 0.540. The van der Waals surface area contributed by atoms with Crippen LogP contribution in [0.25, 0.3) is 11.0 Å². The fraction of sp³-hybridized carbons (Fsp3) is 0.476. The maximum absolute atomic E-state index is 12.3. The number of furan rings is 1. The molecule has 1 aliphatic carbocycles. The number of thioether (sulfide) groups is 1. The zero-order valence-electron chi connectivity index (χ0n) is 16.1. The van der Waals surface area contributed by atoms with Crippen LogP contribution in [0, 0.1) is 5.92 Å². The smallest absolute Gasteiger partial charge is 0.231 e. The number of carbonyl (C=O) groups is 1. The Bertz CT molecular complexity index is 896. The van der Waals surface area contributed by atoms with Crippen LogP contribution >= 0.6 is 11.8 Å². The molecule has 1 saturated carbocycles. The van der Waals surface area contributed by atoms with Gasteiger partial charge in [0.1, 0.15) is 17.2 Å². The summed E-state index contributed by atoms with van der Waals surface area (Å²) in [6.45, 7) is 1.92. The van der Waals surface area contributed by atoms with E-state index in [1.54, 1.807) is 0 Å². The van der Waals surface area contributed by atoms with Crippen LogP contribution in [0.3, 0.4) is 0 Å². The predicted octanol–water partition coefficient (Wildman–Crippen LogP) is 4.64. The third-order valence-corrected chi connectivity index (χ3v) is 6.20. The van der Waals surface area contributed by atoms with Gasteiger partial charge >= 0.3 is 0 Å². The Labute approximate surface area is 168 Å². The zero-order valence-corrected chi connectivity index (χ0v) is 16.9. The van der Waals surface area contributed by atoms with Crippen LogP contribution in [0.15, 0.2) is 39.9 Å². The van der Waals surface area contributed by atoms with E-state index in [9.17, 15) is 4.79 Å². The number of benzene rings is 1. The molecule has 0 saturated heterocycles. The minimum absolute atomic E-state index is 0.0599. The topological polar surface area (TPSA) is 83.8 Å². The van der Waals surface area contributed by atoms with Gasteiger partial charge in [-0.15, -0.1) is 5.10 Å². The highest BCUT2D eigenvalue weighted by molar-refractivity contribution is 7.99. The van der Waals surface area contributed by atoms with Gasteiger partial charge in [-0.25, -0.2) is 4.98 Å². The third-order valence-electron chi connectivity index (χ3n) is 5.36. The van der Waals surface area contributed by atoms with Crippen molar-refractivity contribution in [1.29, 1.82) is 0 Å². The van der Waals surface area contributed by atoms with E-state index in [4.69, 9.17) is 4.42 Å². The highest BCUT2D eigenvalue weighted by Gasteiger charge is 2.17. The fourth-order valence-corrected chi connectivity index (χ4v) is 4.42. The second-order valence-corrected chi connectivity index (χ2v) is 8.46. The van der Waals surface area contributed by atoms with Crippen molar-refractivity contribution in [2.75, 3.05) is 5.75 Å². The molecule has 148 valence electrons. The number of nitrogens with zero attached hydrogens (tertiary/aromatic N) is 2. The van der Waals surface area contributed by atoms with Gasteiger partial charge in [-0.3, -0.25) is 9.89 Å². The van der Waals surface area contributed by atoms with Crippen LogP contribution in [0.2, 0.25) is 0 Å². The van der Waals surface area contributed by atoms with Crippen LogP contribution in [-0.4, -0.2) is 26.8 Å². The van der Waals surface area contributed by atoms with Gasteiger partial charge in [0, 0.05) is 11.8 Å². The number of nitrogens with one attached hydrogen (secondary N) is 2. The Morgan fingerprint density at radius 3 is 3.00 bits per heavy atom. The van der Waals surface area contributed by atoms with Crippen LogP contribution in [0.5, 0.6) is 0 Å². The van der Waals surface area contributed by atoms with Gasteiger partial charge < -0.3 is 9.73 Å². The molecule has 0 spiro atoms. The van der Waals surface area contributed by atoms with Gasteiger partial charge in [-0.05, 0) is 31.4 Å². The fourth-order valence-electron chi connectivity index (χ4n) is 3.79. The van der Waals surface area contributed by atoms with E-state index < -0.39 is 0 Å². The lowest BCUT2D eigenvalue weighted by molar-refractivity contribution is -0.119. The molecule has 7 heteroatoms. The van der Waals surface area contributed by atoms with E-state index in [-0.39, 0.29) is 17.7 Å². The van der Waals surface area contributed by atoms with Gasteiger partial charge in [-0.2, -0.15) is 0 Å². The lowest BCUT2D eigenvalue weighted by atomic mass is 10.0. The standard InChI is InChI=1S/C21H26N4O2S/c1-14(18-12-16-8-4-5-9-17(16)27-18)22-20(26)13-28-21-23-19(24-25-21)11-10-15-6-2-3-7-15/h4-5,8-9,12,14-15H,2-3,6-7,10-11,13H2,1H3,(H,22,26)(H,23,24,25)/t14-/m1/s1. The Hall–Kier alpha value is -2.28. The molecular formula is C21H26N4O2S. The molecule has 28 heavy (non-hydrogen) atoms. The van der Waals surface area contributed by atoms with Crippen LogP contribution in [-0.2, 0) is 11.2 Å². The Balaban J connectivity index is 1.23. The minimum atomic E-state index is -0.186. The van der Waals surface area contributed by atoms with Gasteiger partial charge in [0.2, 0.25) is 11.1 Å². The van der Waals surface area contributed by atoms with E-state index in [1.807, 2.05) is 37.3 Å². The third kappa shape index (κ3) is 4.76. The van der Waals surface area contributed by atoms with Crippen LogP contribution in [0.1, 0.15) is 56.7 Å². The van der Waals surface area contributed by atoms with Crippen molar-refractivity contribution < 1.29 is 9.21 Å². The molecule has 3 aromatic rings.